The van der Waals surface area contributed by atoms with E-state index in [4.69, 9.17) is 15.0 Å². The summed E-state index contributed by atoms with van der Waals surface area (Å²) >= 11 is 0. The van der Waals surface area contributed by atoms with Crippen LogP contribution in [0.25, 0.3) is 78.7 Å². The first kappa shape index (κ1) is 33.0. The van der Waals surface area contributed by atoms with Crippen LogP contribution in [0.3, 0.4) is 0 Å². The van der Waals surface area contributed by atoms with Crippen molar-refractivity contribution < 1.29 is 0 Å². The molecule has 58 heavy (non-hydrogen) atoms. The SMILES string of the molecule is CC1(C)c2cc(-c3ccc4c(c3)C3(c5ccccc5-c5ccccc53)c3ccccc3-4)ccc2-c2ccc(-c3nc(-c4ccccc4)nc(-c4ccccc4)n3)cc21. The molecule has 0 amide bonds. The summed E-state index contributed by atoms with van der Waals surface area (Å²) in [6, 6.07) is 68.4. The van der Waals surface area contributed by atoms with Crippen LogP contribution in [0, 0.1) is 0 Å². The van der Waals surface area contributed by atoms with Crippen molar-refractivity contribution in [3.05, 3.63) is 221 Å². The normalized spacial score (nSPS) is 14.3. The second kappa shape index (κ2) is 12.1. The van der Waals surface area contributed by atoms with Crippen molar-refractivity contribution in [2.24, 2.45) is 0 Å². The van der Waals surface area contributed by atoms with Crippen molar-refractivity contribution in [1.29, 1.82) is 0 Å². The Morgan fingerprint density at radius 3 is 1.07 bits per heavy atom. The van der Waals surface area contributed by atoms with Gasteiger partial charge in [-0.05, 0) is 96.1 Å². The second-order valence-corrected chi connectivity index (χ2v) is 16.3. The molecular weight excluding hydrogens is 703 g/mol. The molecule has 8 aromatic carbocycles. The zero-order chi connectivity index (χ0) is 38.6. The number of aromatic nitrogens is 3. The van der Waals surface area contributed by atoms with E-state index in [2.05, 4.69) is 166 Å². The van der Waals surface area contributed by atoms with Gasteiger partial charge in [0.2, 0.25) is 0 Å². The molecule has 3 nitrogen and oxygen atoms in total. The highest BCUT2D eigenvalue weighted by atomic mass is 15.0. The zero-order valence-corrected chi connectivity index (χ0v) is 32.2. The third-order valence-electron chi connectivity index (χ3n) is 13.0. The quantitative estimate of drug-likeness (QED) is 0.180. The Bertz CT molecular complexity index is 3020. The lowest BCUT2D eigenvalue weighted by Crippen LogP contribution is -2.25. The van der Waals surface area contributed by atoms with Crippen molar-refractivity contribution in [2.75, 3.05) is 0 Å². The smallest absolute Gasteiger partial charge is 0.164 e. The average Bonchev–Trinajstić information content (AvgIpc) is 3.84. The topological polar surface area (TPSA) is 38.7 Å². The molecule has 0 aliphatic heterocycles. The lowest BCUT2D eigenvalue weighted by Gasteiger charge is -2.30. The van der Waals surface area contributed by atoms with Gasteiger partial charge in [-0.15, -0.1) is 0 Å². The van der Waals surface area contributed by atoms with E-state index in [9.17, 15) is 0 Å². The van der Waals surface area contributed by atoms with Crippen LogP contribution in [0.4, 0.5) is 0 Å². The number of nitrogens with zero attached hydrogens (tertiary/aromatic N) is 3. The van der Waals surface area contributed by atoms with Crippen LogP contribution in [0.5, 0.6) is 0 Å². The fourth-order valence-electron chi connectivity index (χ4n) is 10.3. The molecule has 0 saturated carbocycles. The van der Waals surface area contributed by atoms with E-state index in [0.717, 1.165) is 16.7 Å². The van der Waals surface area contributed by atoms with Gasteiger partial charge >= 0.3 is 0 Å². The van der Waals surface area contributed by atoms with E-state index in [1.165, 1.54) is 77.9 Å². The highest BCUT2D eigenvalue weighted by Crippen LogP contribution is 2.63. The van der Waals surface area contributed by atoms with Gasteiger partial charge in [0.25, 0.3) is 0 Å². The van der Waals surface area contributed by atoms with E-state index >= 15 is 0 Å². The lowest BCUT2D eigenvalue weighted by molar-refractivity contribution is 0.661. The molecule has 12 rings (SSSR count). The molecule has 9 aromatic rings. The van der Waals surface area contributed by atoms with Gasteiger partial charge in [-0.25, -0.2) is 15.0 Å². The summed E-state index contributed by atoms with van der Waals surface area (Å²) in [5.41, 5.74) is 20.7. The predicted octanol–water partition coefficient (Wildman–Crippen LogP) is 13.2. The maximum absolute atomic E-state index is 5.06. The molecule has 3 aliphatic rings. The fourth-order valence-corrected chi connectivity index (χ4v) is 10.3. The monoisotopic (exact) mass is 739 g/mol. The maximum atomic E-state index is 5.06. The molecule has 3 aliphatic carbocycles. The second-order valence-electron chi connectivity index (χ2n) is 16.3. The molecule has 0 N–H and O–H groups in total. The third-order valence-corrected chi connectivity index (χ3v) is 13.0. The first-order valence-corrected chi connectivity index (χ1v) is 20.1. The van der Waals surface area contributed by atoms with Crippen molar-refractivity contribution in [3.8, 4) is 78.7 Å². The molecular formula is C55H37N3. The van der Waals surface area contributed by atoms with Gasteiger partial charge in [-0.1, -0.05) is 184 Å². The fraction of sp³-hybridized carbons (Fsp3) is 0.0727. The summed E-state index contributed by atoms with van der Waals surface area (Å²) in [4.78, 5) is 15.0. The van der Waals surface area contributed by atoms with Crippen molar-refractivity contribution in [3.63, 3.8) is 0 Å². The molecule has 0 saturated heterocycles. The molecule has 1 heterocycles. The Labute approximate surface area is 338 Å². The third kappa shape index (κ3) is 4.53. The first-order chi connectivity index (χ1) is 28.5. The Kier molecular flexibility index (Phi) is 6.90. The zero-order valence-electron chi connectivity index (χ0n) is 32.2. The Morgan fingerprint density at radius 2 is 0.603 bits per heavy atom. The summed E-state index contributed by atoms with van der Waals surface area (Å²) in [7, 11) is 0. The highest BCUT2D eigenvalue weighted by molar-refractivity contribution is 5.96. The molecule has 0 atom stereocenters. The maximum Gasteiger partial charge on any atom is 0.164 e. The molecule has 1 spiro atoms. The minimum Gasteiger partial charge on any atom is -0.208 e. The van der Waals surface area contributed by atoms with Crippen LogP contribution in [-0.2, 0) is 10.8 Å². The molecule has 0 fully saturated rings. The molecule has 0 bridgehead atoms. The first-order valence-electron chi connectivity index (χ1n) is 20.1. The Balaban J connectivity index is 0.973. The number of fused-ring (bicyclic) bond motifs is 13. The lowest BCUT2D eigenvalue weighted by atomic mass is 9.70. The van der Waals surface area contributed by atoms with Gasteiger partial charge in [-0.3, -0.25) is 0 Å². The van der Waals surface area contributed by atoms with Gasteiger partial charge < -0.3 is 0 Å². The summed E-state index contributed by atoms with van der Waals surface area (Å²) in [5.74, 6) is 2.01. The van der Waals surface area contributed by atoms with Crippen LogP contribution in [0.2, 0.25) is 0 Å². The number of benzene rings is 8. The van der Waals surface area contributed by atoms with E-state index in [0.29, 0.717) is 17.5 Å². The van der Waals surface area contributed by atoms with Gasteiger partial charge in [0, 0.05) is 22.1 Å². The van der Waals surface area contributed by atoms with E-state index in [-0.39, 0.29) is 10.8 Å². The minimum atomic E-state index is -0.368. The summed E-state index contributed by atoms with van der Waals surface area (Å²) in [6.07, 6.45) is 0. The van der Waals surface area contributed by atoms with Crippen LogP contribution in [-0.4, -0.2) is 15.0 Å². The summed E-state index contributed by atoms with van der Waals surface area (Å²) < 4.78 is 0. The van der Waals surface area contributed by atoms with Crippen LogP contribution < -0.4 is 0 Å². The largest absolute Gasteiger partial charge is 0.208 e. The standard InChI is InChI=1S/C55H37N3/c1-54(2)48-31-36(37-26-29-44-41-21-11-14-24-47(41)55(50(44)32-37)45-22-12-9-19-39(45)40-20-10-13-23-46(40)55)25-28-42(48)43-30-27-38(33-49(43)54)53-57-51(34-15-5-3-6-16-34)56-52(58-53)35-17-7-4-8-18-35/h3-33H,1-2H3. The molecule has 1 aromatic heterocycles. The van der Waals surface area contributed by atoms with Crippen LogP contribution in [0.1, 0.15) is 47.2 Å². The minimum absolute atomic E-state index is 0.244. The van der Waals surface area contributed by atoms with Crippen molar-refractivity contribution >= 4 is 0 Å². The van der Waals surface area contributed by atoms with Crippen LogP contribution in [0.15, 0.2) is 188 Å². The van der Waals surface area contributed by atoms with Crippen molar-refractivity contribution in [1.82, 2.24) is 15.0 Å². The summed E-state index contributed by atoms with van der Waals surface area (Å²) in [5, 5.41) is 0. The number of hydrogen-bond acceptors (Lipinski definition) is 3. The van der Waals surface area contributed by atoms with E-state index in [1.54, 1.807) is 0 Å². The van der Waals surface area contributed by atoms with Gasteiger partial charge in [0.1, 0.15) is 0 Å². The molecule has 3 heteroatoms. The van der Waals surface area contributed by atoms with Crippen LogP contribution >= 0.6 is 0 Å². The van der Waals surface area contributed by atoms with E-state index in [1.807, 2.05) is 36.4 Å². The molecule has 272 valence electrons. The van der Waals surface area contributed by atoms with Crippen molar-refractivity contribution in [2.45, 2.75) is 24.7 Å². The molecule has 0 unspecified atom stereocenters. The predicted molar refractivity (Wildman–Crippen MR) is 235 cm³/mol. The van der Waals surface area contributed by atoms with Gasteiger partial charge in [-0.2, -0.15) is 0 Å². The van der Waals surface area contributed by atoms with Gasteiger partial charge in [0.05, 0.1) is 5.41 Å². The summed E-state index contributed by atoms with van der Waals surface area (Å²) in [6.45, 7) is 4.70. The number of hydrogen-bond donors (Lipinski definition) is 0. The number of rotatable bonds is 4. The molecule has 0 radical (unpaired) electrons. The average molecular weight is 740 g/mol. The van der Waals surface area contributed by atoms with Gasteiger partial charge in [0.15, 0.2) is 17.5 Å². The Morgan fingerprint density at radius 1 is 0.276 bits per heavy atom. The highest BCUT2D eigenvalue weighted by Gasteiger charge is 2.51. The van der Waals surface area contributed by atoms with E-state index < -0.39 is 0 Å². The Hall–Kier alpha value is -7.23.